The fourth-order valence-electron chi connectivity index (χ4n) is 8.61. The Morgan fingerprint density at radius 3 is 1.21 bits per heavy atom. The van der Waals surface area contributed by atoms with Gasteiger partial charge in [-0.3, -0.25) is 0 Å². The fourth-order valence-corrected chi connectivity index (χ4v) is 8.61. The van der Waals surface area contributed by atoms with Gasteiger partial charge >= 0.3 is 0 Å². The molecule has 0 fully saturated rings. The molecule has 0 radical (unpaired) electrons. The van der Waals surface area contributed by atoms with Crippen LogP contribution < -0.4 is 14.7 Å². The number of benzene rings is 10. The molecular weight excluding hydrogens is 757 g/mol. The number of aromatic nitrogens is 1. The van der Waals surface area contributed by atoms with Crippen molar-refractivity contribution in [3.63, 3.8) is 0 Å². The van der Waals surface area contributed by atoms with E-state index in [4.69, 9.17) is 9.40 Å². The minimum absolute atomic E-state index is 0.588. The summed E-state index contributed by atoms with van der Waals surface area (Å²) in [6.45, 7) is 0. The van der Waals surface area contributed by atoms with Crippen molar-refractivity contribution in [2.45, 2.75) is 0 Å². The largest absolute Gasteiger partial charge is 0.435 e. The van der Waals surface area contributed by atoms with Crippen LogP contribution in [-0.2, 0) is 0 Å². The van der Waals surface area contributed by atoms with Gasteiger partial charge in [-0.1, -0.05) is 146 Å². The van der Waals surface area contributed by atoms with Gasteiger partial charge in [0.05, 0.1) is 22.7 Å². The predicted octanol–water partition coefficient (Wildman–Crippen LogP) is 16.2. The van der Waals surface area contributed by atoms with E-state index < -0.39 is 0 Å². The highest BCUT2D eigenvalue weighted by molar-refractivity contribution is 6.22. The third-order valence-corrected chi connectivity index (χ3v) is 11.4. The van der Waals surface area contributed by atoms with Crippen molar-refractivity contribution in [3.05, 3.63) is 243 Å². The van der Waals surface area contributed by atoms with Gasteiger partial charge in [-0.15, -0.1) is 0 Å². The number of hydrogen-bond donors (Lipinski definition) is 0. The normalized spacial score (nSPS) is 11.2. The van der Waals surface area contributed by atoms with Crippen LogP contribution in [0.15, 0.2) is 247 Å². The monoisotopic (exact) mass is 796 g/mol. The molecule has 5 heteroatoms. The molecule has 0 aliphatic rings. The van der Waals surface area contributed by atoms with E-state index in [1.165, 1.54) is 0 Å². The number of oxazole rings is 1. The summed E-state index contributed by atoms with van der Waals surface area (Å²) in [7, 11) is 0. The second-order valence-electron chi connectivity index (χ2n) is 15.2. The van der Waals surface area contributed by atoms with Gasteiger partial charge in [-0.25, -0.2) is 4.98 Å². The van der Waals surface area contributed by atoms with Gasteiger partial charge < -0.3 is 19.1 Å². The molecule has 10 aromatic carbocycles. The van der Waals surface area contributed by atoms with E-state index in [-0.39, 0.29) is 0 Å². The standard InChI is InChI=1S/C57H40N4O/c1-7-22-42(23-8-1)57-58-53-40-54(52-36-35-41-21-19-20-34-51(41)55(52)56(53)62-57)61(47-32-17-6-18-33-47)50-38-48(59(43-24-9-2-10-25-43)44-26-11-3-12-27-44)37-49(39-50)60(45-28-13-4-14-29-45)46-30-15-5-16-31-46/h1-40H. The van der Waals surface area contributed by atoms with Crippen LogP contribution in [-0.4, -0.2) is 4.98 Å². The second-order valence-corrected chi connectivity index (χ2v) is 15.2. The smallest absolute Gasteiger partial charge is 0.227 e. The van der Waals surface area contributed by atoms with Gasteiger partial charge in [0.15, 0.2) is 5.58 Å². The molecule has 0 bridgehead atoms. The molecule has 0 N–H and O–H groups in total. The van der Waals surface area contributed by atoms with Crippen molar-refractivity contribution in [1.29, 1.82) is 0 Å². The van der Waals surface area contributed by atoms with Gasteiger partial charge in [0, 0.05) is 44.8 Å². The first-order chi connectivity index (χ1) is 30.8. The summed E-state index contributed by atoms with van der Waals surface area (Å²) in [5.41, 5.74) is 11.6. The number of hydrogen-bond acceptors (Lipinski definition) is 5. The Morgan fingerprint density at radius 2 is 0.726 bits per heavy atom. The second kappa shape index (κ2) is 16.0. The molecular formula is C57H40N4O. The van der Waals surface area contributed by atoms with E-state index in [0.717, 1.165) is 89.4 Å². The lowest BCUT2D eigenvalue weighted by Gasteiger charge is -2.33. The highest BCUT2D eigenvalue weighted by Gasteiger charge is 2.25. The minimum Gasteiger partial charge on any atom is -0.435 e. The van der Waals surface area contributed by atoms with Crippen molar-refractivity contribution in [2.24, 2.45) is 0 Å². The van der Waals surface area contributed by atoms with Crippen molar-refractivity contribution in [1.82, 2.24) is 4.98 Å². The van der Waals surface area contributed by atoms with Gasteiger partial charge in [0.25, 0.3) is 0 Å². The Labute approximate surface area is 360 Å². The number of rotatable bonds is 10. The van der Waals surface area contributed by atoms with Crippen LogP contribution in [0, 0.1) is 0 Å². The highest BCUT2D eigenvalue weighted by Crippen LogP contribution is 2.49. The molecule has 0 atom stereocenters. The zero-order valence-corrected chi connectivity index (χ0v) is 33.8. The molecule has 0 saturated carbocycles. The van der Waals surface area contributed by atoms with Crippen molar-refractivity contribution in [2.75, 3.05) is 14.7 Å². The fraction of sp³-hybridized carbons (Fsp3) is 0. The first-order valence-electron chi connectivity index (χ1n) is 20.9. The molecule has 11 rings (SSSR count). The van der Waals surface area contributed by atoms with Gasteiger partial charge in [-0.05, 0) is 108 Å². The molecule has 0 unspecified atom stereocenters. The molecule has 11 aromatic rings. The zero-order valence-electron chi connectivity index (χ0n) is 33.8. The lowest BCUT2D eigenvalue weighted by molar-refractivity contribution is 0.623. The van der Waals surface area contributed by atoms with Crippen LogP contribution in [0.2, 0.25) is 0 Å². The summed E-state index contributed by atoms with van der Waals surface area (Å²) in [4.78, 5) is 12.3. The Balaban J connectivity index is 1.24. The summed E-state index contributed by atoms with van der Waals surface area (Å²) in [6.07, 6.45) is 0. The Kier molecular flexibility index (Phi) is 9.45. The first-order valence-corrected chi connectivity index (χ1v) is 20.9. The Morgan fingerprint density at radius 1 is 0.323 bits per heavy atom. The summed E-state index contributed by atoms with van der Waals surface area (Å²) >= 11 is 0. The van der Waals surface area contributed by atoms with Crippen molar-refractivity contribution in [3.8, 4) is 11.5 Å². The third kappa shape index (κ3) is 6.78. The SMILES string of the molecule is c1ccc(-c2nc3cc(N(c4ccccc4)c4cc(N(c5ccccc5)c5ccccc5)cc(N(c5ccccc5)c5ccccc5)c4)c4ccc5ccccc5c4c3o2)cc1. The maximum atomic E-state index is 6.78. The van der Waals surface area contributed by atoms with Crippen molar-refractivity contribution >= 4 is 83.8 Å². The molecule has 1 heterocycles. The summed E-state index contributed by atoms with van der Waals surface area (Å²) < 4.78 is 6.78. The number of para-hydroxylation sites is 5. The highest BCUT2D eigenvalue weighted by atomic mass is 16.3. The van der Waals surface area contributed by atoms with Gasteiger partial charge in [0.2, 0.25) is 5.89 Å². The van der Waals surface area contributed by atoms with Crippen LogP contribution >= 0.6 is 0 Å². The summed E-state index contributed by atoms with van der Waals surface area (Å²) in [5.74, 6) is 0.588. The molecule has 0 spiro atoms. The lowest BCUT2D eigenvalue weighted by atomic mass is 9.98. The lowest BCUT2D eigenvalue weighted by Crippen LogP contribution is -2.16. The van der Waals surface area contributed by atoms with E-state index in [1.807, 2.05) is 30.3 Å². The van der Waals surface area contributed by atoms with Gasteiger partial charge in [0.1, 0.15) is 5.52 Å². The molecule has 1 aromatic heterocycles. The molecule has 0 saturated heterocycles. The topological polar surface area (TPSA) is 35.8 Å². The van der Waals surface area contributed by atoms with E-state index in [9.17, 15) is 0 Å². The van der Waals surface area contributed by atoms with E-state index in [0.29, 0.717) is 5.89 Å². The average Bonchev–Trinajstić information content (AvgIpc) is 3.78. The number of nitrogens with zero attached hydrogens (tertiary/aromatic N) is 4. The van der Waals surface area contributed by atoms with Crippen LogP contribution in [0.25, 0.3) is 44.1 Å². The Hall–Kier alpha value is -8.41. The minimum atomic E-state index is 0.588. The van der Waals surface area contributed by atoms with Gasteiger partial charge in [-0.2, -0.15) is 0 Å². The van der Waals surface area contributed by atoms with Crippen LogP contribution in [0.5, 0.6) is 0 Å². The third-order valence-electron chi connectivity index (χ3n) is 11.4. The summed E-state index contributed by atoms with van der Waals surface area (Å²) in [6, 6.07) is 85.3. The summed E-state index contributed by atoms with van der Waals surface area (Å²) in [5, 5.41) is 4.31. The maximum Gasteiger partial charge on any atom is 0.227 e. The maximum absolute atomic E-state index is 6.78. The van der Waals surface area contributed by atoms with Crippen molar-refractivity contribution < 1.29 is 4.42 Å². The molecule has 5 nitrogen and oxygen atoms in total. The molecule has 0 aliphatic carbocycles. The number of anilines is 9. The first kappa shape index (κ1) is 36.7. The average molecular weight is 797 g/mol. The van der Waals surface area contributed by atoms with Crippen LogP contribution in [0.1, 0.15) is 0 Å². The number of fused-ring (bicyclic) bond motifs is 5. The van der Waals surface area contributed by atoms with E-state index in [2.05, 4.69) is 227 Å². The zero-order chi connectivity index (χ0) is 41.2. The predicted molar refractivity (Wildman–Crippen MR) is 259 cm³/mol. The Bertz CT molecular complexity index is 3110. The molecule has 62 heavy (non-hydrogen) atoms. The van der Waals surface area contributed by atoms with Crippen LogP contribution in [0.3, 0.4) is 0 Å². The molecule has 0 amide bonds. The van der Waals surface area contributed by atoms with Crippen LogP contribution in [0.4, 0.5) is 51.2 Å². The van der Waals surface area contributed by atoms with E-state index in [1.54, 1.807) is 0 Å². The quantitative estimate of drug-likeness (QED) is 0.129. The molecule has 294 valence electrons. The molecule has 0 aliphatic heterocycles. The van der Waals surface area contributed by atoms with E-state index >= 15 is 0 Å².